The number of rotatable bonds is 9. The Morgan fingerprint density at radius 2 is 1.27 bits per heavy atom. The fraction of sp³-hybridized carbons (Fsp3) is 0.438. The van der Waals surface area contributed by atoms with Crippen LogP contribution in [0.3, 0.4) is 0 Å². The highest BCUT2D eigenvalue weighted by atomic mass is 79.9. The first kappa shape index (κ1) is 24.8. The number of hydrogen-bond acceptors (Lipinski definition) is 7. The maximum Gasteiger partial charge on any atom is 0.348 e. The Hall–Kier alpha value is -1.51. The van der Waals surface area contributed by atoms with E-state index in [9.17, 15) is 29.1 Å². The molecule has 2 aromatic heterocycles. The second-order valence-corrected chi connectivity index (χ2v) is 9.62. The van der Waals surface area contributed by atoms with E-state index in [0.29, 0.717) is 11.5 Å². The van der Waals surface area contributed by atoms with Crippen molar-refractivity contribution in [1.29, 1.82) is 0 Å². The molecule has 0 atom stereocenters. The van der Waals surface area contributed by atoms with Crippen LogP contribution in [0.4, 0.5) is 0 Å². The van der Waals surface area contributed by atoms with Crippen molar-refractivity contribution in [1.82, 2.24) is 18.3 Å². The van der Waals surface area contributed by atoms with E-state index in [0.717, 1.165) is 30.7 Å². The first-order chi connectivity index (χ1) is 14.1. The summed E-state index contributed by atoms with van der Waals surface area (Å²) in [4.78, 5) is 62.6. The number of aromatic nitrogens is 4. The number of hydrogen-bond donors (Lipinski definition) is 1. The van der Waals surface area contributed by atoms with Gasteiger partial charge < -0.3 is 5.11 Å². The number of carboxylic acids is 1. The van der Waals surface area contributed by atoms with Crippen molar-refractivity contribution in [2.24, 2.45) is 0 Å². The number of carboxylic acid groups (broad SMARTS) is 1. The average molecular weight is 586 g/mol. The van der Waals surface area contributed by atoms with Crippen LogP contribution in [0.15, 0.2) is 40.5 Å². The van der Waals surface area contributed by atoms with Gasteiger partial charge in [-0.15, -0.1) is 0 Å². The fourth-order valence-corrected chi connectivity index (χ4v) is 4.26. The summed E-state index contributed by atoms with van der Waals surface area (Å²) in [5.74, 6) is -0.605. The summed E-state index contributed by atoms with van der Waals surface area (Å²) in [6.07, 6.45) is 3.88. The quantitative estimate of drug-likeness (QED) is 0.456. The van der Waals surface area contributed by atoms with Crippen LogP contribution in [0.5, 0.6) is 0 Å². The van der Waals surface area contributed by atoms with Gasteiger partial charge in [-0.05, 0) is 44.4 Å². The Kier molecular flexibility index (Phi) is 8.82. The van der Waals surface area contributed by atoms with Crippen molar-refractivity contribution < 1.29 is 9.90 Å². The molecule has 0 radical (unpaired) electrons. The Labute approximate surface area is 195 Å². The number of aliphatic carboxylic acids is 1. The van der Waals surface area contributed by atoms with E-state index in [-0.39, 0.29) is 22.0 Å². The SMILES string of the molecule is CSCCn1c(=O)c(Br)cn(C(C(=O)O)n2cc(Br)c(=O)n(CCSC)c2=O)c1=O. The van der Waals surface area contributed by atoms with Crippen molar-refractivity contribution in [2.75, 3.05) is 24.0 Å². The lowest BCUT2D eigenvalue weighted by Crippen LogP contribution is -2.49. The standard InChI is InChI=1S/C16H18Br2N4O6S2/c1-29-5-3-19-12(23)9(17)7-21(15(19)27)11(14(25)26)22-8-10(18)13(24)20(16(22)28)4-6-30-2/h7-8,11H,3-6H2,1-2H3,(H,25,26). The normalized spacial score (nSPS) is 11.2. The maximum absolute atomic E-state index is 12.9. The Balaban J connectivity index is 2.81. The first-order valence-corrected chi connectivity index (χ1v) is 12.8. The van der Waals surface area contributed by atoms with Crippen molar-refractivity contribution in [3.63, 3.8) is 0 Å². The van der Waals surface area contributed by atoms with E-state index >= 15 is 0 Å². The van der Waals surface area contributed by atoms with Crippen molar-refractivity contribution in [3.05, 3.63) is 63.0 Å². The van der Waals surface area contributed by atoms with E-state index in [1.165, 1.54) is 23.5 Å². The lowest BCUT2D eigenvalue weighted by atomic mass is 10.4. The van der Waals surface area contributed by atoms with E-state index in [1.54, 1.807) is 12.5 Å². The van der Waals surface area contributed by atoms with Gasteiger partial charge in [0.15, 0.2) is 0 Å². The van der Waals surface area contributed by atoms with Crippen molar-refractivity contribution in [2.45, 2.75) is 19.3 Å². The molecule has 164 valence electrons. The minimum Gasteiger partial charge on any atom is -0.478 e. The molecule has 2 rings (SSSR count). The highest BCUT2D eigenvalue weighted by Crippen LogP contribution is 2.11. The van der Waals surface area contributed by atoms with Gasteiger partial charge in [0.1, 0.15) is 0 Å². The van der Waals surface area contributed by atoms with E-state index < -0.39 is 34.6 Å². The van der Waals surface area contributed by atoms with Gasteiger partial charge in [-0.2, -0.15) is 23.5 Å². The van der Waals surface area contributed by atoms with Crippen LogP contribution in [0.1, 0.15) is 6.17 Å². The molecule has 0 aliphatic rings. The third kappa shape index (κ3) is 5.03. The molecule has 0 spiro atoms. The topological polar surface area (TPSA) is 125 Å². The van der Waals surface area contributed by atoms with Crippen LogP contribution in [-0.4, -0.2) is 53.4 Å². The largest absolute Gasteiger partial charge is 0.478 e. The number of nitrogens with zero attached hydrogens (tertiary/aromatic N) is 4. The van der Waals surface area contributed by atoms with Gasteiger partial charge in [0.05, 0.1) is 8.95 Å². The predicted molar refractivity (Wildman–Crippen MR) is 124 cm³/mol. The summed E-state index contributed by atoms with van der Waals surface area (Å²) < 4.78 is 3.31. The molecule has 30 heavy (non-hydrogen) atoms. The van der Waals surface area contributed by atoms with Crippen LogP contribution in [0.25, 0.3) is 0 Å². The monoisotopic (exact) mass is 584 g/mol. The van der Waals surface area contributed by atoms with Crippen LogP contribution < -0.4 is 22.5 Å². The Morgan fingerprint density at radius 1 is 0.900 bits per heavy atom. The summed E-state index contributed by atoms with van der Waals surface area (Å²) in [6.45, 7) is 0.132. The lowest BCUT2D eigenvalue weighted by molar-refractivity contribution is -0.142. The first-order valence-electron chi connectivity index (χ1n) is 8.39. The number of carbonyl (C=O) groups is 1. The summed E-state index contributed by atoms with van der Waals surface area (Å²) in [5.41, 5.74) is -2.97. The highest BCUT2D eigenvalue weighted by Gasteiger charge is 2.28. The van der Waals surface area contributed by atoms with Gasteiger partial charge in [0.2, 0.25) is 6.17 Å². The molecule has 0 bridgehead atoms. The zero-order valence-electron chi connectivity index (χ0n) is 15.9. The number of halogens is 2. The van der Waals surface area contributed by atoms with Crippen LogP contribution in [-0.2, 0) is 17.9 Å². The minimum atomic E-state index is -1.81. The molecule has 0 aromatic carbocycles. The second-order valence-electron chi connectivity index (χ2n) is 5.94. The Bertz CT molecular complexity index is 1100. The molecule has 0 amide bonds. The Morgan fingerprint density at radius 3 is 1.57 bits per heavy atom. The summed E-state index contributed by atoms with van der Waals surface area (Å²) >= 11 is 8.94. The predicted octanol–water partition coefficient (Wildman–Crippen LogP) is 0.716. The molecule has 1 N–H and O–H groups in total. The molecular weight excluding hydrogens is 568 g/mol. The second kappa shape index (κ2) is 10.7. The molecule has 14 heteroatoms. The molecule has 0 saturated heterocycles. The fourth-order valence-electron chi connectivity index (χ4n) is 2.66. The van der Waals surface area contributed by atoms with E-state index in [2.05, 4.69) is 31.9 Å². The van der Waals surface area contributed by atoms with Gasteiger partial charge >= 0.3 is 17.3 Å². The molecule has 0 aliphatic carbocycles. The van der Waals surface area contributed by atoms with E-state index in [1.807, 2.05) is 0 Å². The molecule has 0 saturated carbocycles. The van der Waals surface area contributed by atoms with Crippen LogP contribution in [0.2, 0.25) is 0 Å². The summed E-state index contributed by atoms with van der Waals surface area (Å²) in [7, 11) is 0. The van der Waals surface area contributed by atoms with Crippen LogP contribution in [0, 0.1) is 0 Å². The lowest BCUT2D eigenvalue weighted by Gasteiger charge is -2.21. The smallest absolute Gasteiger partial charge is 0.348 e. The van der Waals surface area contributed by atoms with Gasteiger partial charge in [-0.3, -0.25) is 27.9 Å². The molecule has 2 aromatic rings. The third-order valence-corrected chi connectivity index (χ3v) is 6.36. The van der Waals surface area contributed by atoms with Gasteiger partial charge in [0.25, 0.3) is 11.1 Å². The van der Waals surface area contributed by atoms with Gasteiger partial charge in [-0.25, -0.2) is 14.4 Å². The maximum atomic E-state index is 12.9. The molecular formula is C16H18Br2N4O6S2. The summed E-state index contributed by atoms with van der Waals surface area (Å²) in [5, 5.41) is 9.85. The number of thioether (sulfide) groups is 2. The average Bonchev–Trinajstić information content (AvgIpc) is 2.69. The molecule has 0 aliphatic heterocycles. The van der Waals surface area contributed by atoms with Crippen LogP contribution >= 0.6 is 55.4 Å². The zero-order chi connectivity index (χ0) is 22.6. The molecule has 10 nitrogen and oxygen atoms in total. The summed E-state index contributed by atoms with van der Waals surface area (Å²) in [6, 6.07) is 0. The zero-order valence-corrected chi connectivity index (χ0v) is 20.7. The molecule has 0 unspecified atom stereocenters. The highest BCUT2D eigenvalue weighted by molar-refractivity contribution is 9.10. The van der Waals surface area contributed by atoms with E-state index in [4.69, 9.17) is 0 Å². The minimum absolute atomic E-state index is 0.0303. The van der Waals surface area contributed by atoms with Crippen molar-refractivity contribution in [3.8, 4) is 0 Å². The van der Waals surface area contributed by atoms with Gasteiger partial charge in [-0.1, -0.05) is 0 Å². The molecule has 2 heterocycles. The van der Waals surface area contributed by atoms with Gasteiger partial charge in [0, 0.05) is 37.0 Å². The van der Waals surface area contributed by atoms with Crippen molar-refractivity contribution >= 4 is 61.4 Å². The molecule has 0 fully saturated rings. The third-order valence-electron chi connectivity index (χ3n) is 4.09.